The van der Waals surface area contributed by atoms with E-state index in [0.717, 1.165) is 0 Å². The van der Waals surface area contributed by atoms with Crippen LogP contribution in [-0.4, -0.2) is 17.1 Å². The SMILES string of the molecule is COCc1cc(NN)nc(-c2ccc(F)c(Br)c2)n1. The predicted octanol–water partition coefficient (Wildman–Crippen LogP) is 2.48. The molecule has 0 bridgehead atoms. The summed E-state index contributed by atoms with van der Waals surface area (Å²) in [6, 6.07) is 6.25. The minimum atomic E-state index is -0.339. The molecule has 0 aliphatic rings. The van der Waals surface area contributed by atoms with Gasteiger partial charge < -0.3 is 10.2 Å². The summed E-state index contributed by atoms with van der Waals surface area (Å²) in [4.78, 5) is 8.57. The molecular formula is C12H12BrFN4O. The largest absolute Gasteiger partial charge is 0.378 e. The number of hydrogen-bond donors (Lipinski definition) is 2. The second-order valence-corrected chi connectivity index (χ2v) is 4.63. The van der Waals surface area contributed by atoms with E-state index < -0.39 is 0 Å². The van der Waals surface area contributed by atoms with Crippen LogP contribution in [0.25, 0.3) is 11.4 Å². The lowest BCUT2D eigenvalue weighted by Crippen LogP contribution is -2.10. The monoisotopic (exact) mass is 326 g/mol. The summed E-state index contributed by atoms with van der Waals surface area (Å²) >= 11 is 3.13. The van der Waals surface area contributed by atoms with E-state index in [1.165, 1.54) is 6.07 Å². The van der Waals surface area contributed by atoms with E-state index in [9.17, 15) is 4.39 Å². The fourth-order valence-corrected chi connectivity index (χ4v) is 1.94. The third kappa shape index (κ3) is 3.25. The molecule has 0 radical (unpaired) electrons. The number of ether oxygens (including phenoxy) is 1. The molecule has 100 valence electrons. The lowest BCUT2D eigenvalue weighted by molar-refractivity contribution is 0.181. The van der Waals surface area contributed by atoms with Gasteiger partial charge in [0.2, 0.25) is 0 Å². The van der Waals surface area contributed by atoms with Crippen molar-refractivity contribution >= 4 is 21.7 Å². The number of rotatable bonds is 4. The summed E-state index contributed by atoms with van der Waals surface area (Å²) in [5, 5.41) is 0. The van der Waals surface area contributed by atoms with Gasteiger partial charge >= 0.3 is 0 Å². The molecule has 3 N–H and O–H groups in total. The number of halogens is 2. The van der Waals surface area contributed by atoms with Crippen molar-refractivity contribution in [2.45, 2.75) is 6.61 Å². The minimum absolute atomic E-state index is 0.339. The first-order valence-corrected chi connectivity index (χ1v) is 6.22. The van der Waals surface area contributed by atoms with Gasteiger partial charge in [0.15, 0.2) is 5.82 Å². The first-order valence-electron chi connectivity index (χ1n) is 5.43. The molecule has 0 saturated heterocycles. The average Bonchev–Trinajstić information content (AvgIpc) is 2.42. The topological polar surface area (TPSA) is 73.1 Å². The third-order valence-electron chi connectivity index (χ3n) is 2.40. The Morgan fingerprint density at radius 1 is 1.37 bits per heavy atom. The molecule has 1 aromatic heterocycles. The third-order valence-corrected chi connectivity index (χ3v) is 3.00. The average molecular weight is 327 g/mol. The number of nitrogen functional groups attached to an aromatic ring is 1. The van der Waals surface area contributed by atoms with Crippen LogP contribution in [-0.2, 0) is 11.3 Å². The van der Waals surface area contributed by atoms with Gasteiger partial charge in [-0.15, -0.1) is 0 Å². The summed E-state index contributed by atoms with van der Waals surface area (Å²) in [6.07, 6.45) is 0. The quantitative estimate of drug-likeness (QED) is 0.667. The number of nitrogens with one attached hydrogen (secondary N) is 1. The van der Waals surface area contributed by atoms with Crippen LogP contribution in [0.3, 0.4) is 0 Å². The smallest absolute Gasteiger partial charge is 0.161 e. The van der Waals surface area contributed by atoms with E-state index in [2.05, 4.69) is 31.3 Å². The lowest BCUT2D eigenvalue weighted by Gasteiger charge is -2.08. The zero-order valence-corrected chi connectivity index (χ0v) is 11.7. The zero-order valence-electron chi connectivity index (χ0n) is 10.2. The van der Waals surface area contributed by atoms with E-state index in [1.54, 1.807) is 25.3 Å². The van der Waals surface area contributed by atoms with E-state index in [0.29, 0.717) is 34.0 Å². The highest BCUT2D eigenvalue weighted by Crippen LogP contribution is 2.24. The highest BCUT2D eigenvalue weighted by molar-refractivity contribution is 9.10. The fraction of sp³-hybridized carbons (Fsp3) is 0.167. The molecule has 5 nitrogen and oxygen atoms in total. The fourth-order valence-electron chi connectivity index (χ4n) is 1.56. The van der Waals surface area contributed by atoms with Gasteiger partial charge in [0, 0.05) is 18.7 Å². The van der Waals surface area contributed by atoms with Gasteiger partial charge in [-0.3, -0.25) is 0 Å². The second-order valence-electron chi connectivity index (χ2n) is 3.77. The van der Waals surface area contributed by atoms with Gasteiger partial charge in [-0.2, -0.15) is 0 Å². The van der Waals surface area contributed by atoms with Crippen molar-refractivity contribution in [1.82, 2.24) is 9.97 Å². The molecule has 0 aliphatic heterocycles. The number of hydrazine groups is 1. The summed E-state index contributed by atoms with van der Waals surface area (Å²) in [6.45, 7) is 0.340. The zero-order chi connectivity index (χ0) is 13.8. The lowest BCUT2D eigenvalue weighted by atomic mass is 10.2. The molecule has 0 amide bonds. The Labute approximate surface area is 118 Å². The second kappa shape index (κ2) is 6.05. The molecule has 1 aromatic carbocycles. The number of hydrogen-bond acceptors (Lipinski definition) is 5. The highest BCUT2D eigenvalue weighted by Gasteiger charge is 2.08. The normalized spacial score (nSPS) is 10.5. The Balaban J connectivity index is 2.47. The van der Waals surface area contributed by atoms with Crippen molar-refractivity contribution < 1.29 is 9.13 Å². The predicted molar refractivity (Wildman–Crippen MR) is 73.6 cm³/mol. The molecule has 0 fully saturated rings. The van der Waals surface area contributed by atoms with Gasteiger partial charge in [0.25, 0.3) is 0 Å². The van der Waals surface area contributed by atoms with E-state index in [4.69, 9.17) is 10.6 Å². The van der Waals surface area contributed by atoms with Gasteiger partial charge in [-0.05, 0) is 34.1 Å². The number of anilines is 1. The number of aromatic nitrogens is 2. The molecule has 0 unspecified atom stereocenters. The maximum atomic E-state index is 13.2. The first kappa shape index (κ1) is 13.9. The van der Waals surface area contributed by atoms with Crippen molar-refractivity contribution in [1.29, 1.82) is 0 Å². The van der Waals surface area contributed by atoms with Crippen LogP contribution in [0.15, 0.2) is 28.7 Å². The molecule has 7 heteroatoms. The number of methoxy groups -OCH3 is 1. The standard InChI is InChI=1S/C12H12BrFN4O/c1-19-6-8-5-11(18-15)17-12(16-8)7-2-3-10(14)9(13)4-7/h2-5H,6,15H2,1H3,(H,16,17,18). The van der Waals surface area contributed by atoms with E-state index in [-0.39, 0.29) is 5.82 Å². The Hall–Kier alpha value is -1.57. The molecule has 2 aromatic rings. The maximum absolute atomic E-state index is 13.2. The Kier molecular flexibility index (Phi) is 4.41. The van der Waals surface area contributed by atoms with Crippen molar-refractivity contribution in [3.05, 3.63) is 40.2 Å². The summed E-state index contributed by atoms with van der Waals surface area (Å²) in [5.74, 6) is 5.94. The molecule has 0 atom stereocenters. The summed E-state index contributed by atoms with van der Waals surface area (Å²) in [7, 11) is 1.58. The van der Waals surface area contributed by atoms with Crippen molar-refractivity contribution in [2.24, 2.45) is 5.84 Å². The van der Waals surface area contributed by atoms with Crippen LogP contribution in [0.4, 0.5) is 10.2 Å². The van der Waals surface area contributed by atoms with Crippen LogP contribution in [0, 0.1) is 5.82 Å². The van der Waals surface area contributed by atoms with Crippen molar-refractivity contribution in [3.8, 4) is 11.4 Å². The minimum Gasteiger partial charge on any atom is -0.378 e. The molecule has 0 saturated carbocycles. The van der Waals surface area contributed by atoms with Gasteiger partial charge in [-0.1, -0.05) is 0 Å². The van der Waals surface area contributed by atoms with Crippen LogP contribution < -0.4 is 11.3 Å². The van der Waals surface area contributed by atoms with Gasteiger partial charge in [0.05, 0.1) is 16.8 Å². The Morgan fingerprint density at radius 3 is 2.79 bits per heavy atom. The highest BCUT2D eigenvalue weighted by atomic mass is 79.9. The molecule has 19 heavy (non-hydrogen) atoms. The van der Waals surface area contributed by atoms with Gasteiger partial charge in [0.1, 0.15) is 11.6 Å². The molecule has 1 heterocycles. The van der Waals surface area contributed by atoms with Crippen LogP contribution >= 0.6 is 15.9 Å². The number of nitrogens with zero attached hydrogens (tertiary/aromatic N) is 2. The Morgan fingerprint density at radius 2 is 2.16 bits per heavy atom. The molecule has 0 spiro atoms. The van der Waals surface area contributed by atoms with Gasteiger partial charge in [-0.25, -0.2) is 20.2 Å². The molecule has 0 aliphatic carbocycles. The van der Waals surface area contributed by atoms with Crippen molar-refractivity contribution in [3.63, 3.8) is 0 Å². The Bertz CT molecular complexity index is 594. The first-order chi connectivity index (χ1) is 9.13. The number of nitrogens with two attached hydrogens (primary N) is 1. The van der Waals surface area contributed by atoms with E-state index >= 15 is 0 Å². The van der Waals surface area contributed by atoms with Crippen LogP contribution in [0.5, 0.6) is 0 Å². The van der Waals surface area contributed by atoms with E-state index in [1.807, 2.05) is 0 Å². The number of benzene rings is 1. The van der Waals surface area contributed by atoms with Crippen LogP contribution in [0.1, 0.15) is 5.69 Å². The molecular weight excluding hydrogens is 315 g/mol. The summed E-state index contributed by atoms with van der Waals surface area (Å²) < 4.78 is 18.6. The van der Waals surface area contributed by atoms with Crippen LogP contribution in [0.2, 0.25) is 0 Å². The summed E-state index contributed by atoms with van der Waals surface area (Å²) in [5.41, 5.74) is 3.83. The van der Waals surface area contributed by atoms with Crippen molar-refractivity contribution in [2.75, 3.05) is 12.5 Å². The molecule has 2 rings (SSSR count). The maximum Gasteiger partial charge on any atom is 0.161 e.